The van der Waals surface area contributed by atoms with Crippen LogP contribution in [0.15, 0.2) is 18.7 Å². The van der Waals surface area contributed by atoms with Gasteiger partial charge in [0.1, 0.15) is 12.2 Å². The van der Waals surface area contributed by atoms with Gasteiger partial charge < -0.3 is 9.47 Å². The maximum Gasteiger partial charge on any atom is 0.257 e. The topological polar surface area (TPSA) is 68.8 Å². The zero-order chi connectivity index (χ0) is 18.4. The molecule has 2 aromatic heterocycles. The molecule has 3 fully saturated rings. The molecule has 27 heavy (non-hydrogen) atoms. The van der Waals surface area contributed by atoms with Gasteiger partial charge in [-0.25, -0.2) is 0 Å². The Hall–Kier alpha value is -2.18. The van der Waals surface area contributed by atoms with E-state index in [1.165, 1.54) is 44.9 Å². The molecule has 1 unspecified atom stereocenters. The van der Waals surface area contributed by atoms with Gasteiger partial charge in [0.15, 0.2) is 0 Å². The molecule has 2 saturated carbocycles. The maximum absolute atomic E-state index is 13.1. The molecule has 1 saturated heterocycles. The summed E-state index contributed by atoms with van der Waals surface area (Å²) < 4.78 is 3.97. The number of nitrogens with zero attached hydrogens (tertiary/aromatic N) is 6. The molecule has 7 nitrogen and oxygen atoms in total. The number of amides is 1. The summed E-state index contributed by atoms with van der Waals surface area (Å²) in [5.74, 6) is 2.28. The second-order valence-electron chi connectivity index (χ2n) is 8.85. The summed E-state index contributed by atoms with van der Waals surface area (Å²) in [6, 6.07) is 0. The second-order valence-corrected chi connectivity index (χ2v) is 8.85. The molecule has 0 radical (unpaired) electrons. The molecule has 0 bridgehead atoms. The number of aryl methyl sites for hydroxylation is 1. The van der Waals surface area contributed by atoms with Crippen molar-refractivity contribution in [1.29, 1.82) is 0 Å². The number of carbonyl (C=O) groups excluding carboxylic acids is 1. The van der Waals surface area contributed by atoms with Crippen LogP contribution >= 0.6 is 0 Å². The van der Waals surface area contributed by atoms with E-state index in [1.807, 2.05) is 24.5 Å². The average molecular weight is 368 g/mol. The minimum atomic E-state index is 0.101. The Morgan fingerprint density at radius 2 is 2.07 bits per heavy atom. The molecule has 2 aliphatic carbocycles. The molecule has 2 aromatic rings. The molecular formula is C20H28N6O. The Morgan fingerprint density at radius 1 is 1.26 bits per heavy atom. The van der Waals surface area contributed by atoms with Crippen molar-refractivity contribution in [3.05, 3.63) is 30.1 Å². The lowest BCUT2D eigenvalue weighted by Gasteiger charge is -2.37. The van der Waals surface area contributed by atoms with Gasteiger partial charge in [-0.2, -0.15) is 5.10 Å². The van der Waals surface area contributed by atoms with Crippen LogP contribution in [0.4, 0.5) is 0 Å². The van der Waals surface area contributed by atoms with Gasteiger partial charge in [0.05, 0.1) is 11.8 Å². The summed E-state index contributed by atoms with van der Waals surface area (Å²) in [4.78, 5) is 15.1. The first-order chi connectivity index (χ1) is 13.1. The molecule has 7 heteroatoms. The van der Waals surface area contributed by atoms with Crippen LogP contribution in [0.25, 0.3) is 0 Å². The third kappa shape index (κ3) is 3.07. The molecule has 1 spiro atoms. The van der Waals surface area contributed by atoms with Gasteiger partial charge in [-0.15, -0.1) is 10.2 Å². The summed E-state index contributed by atoms with van der Waals surface area (Å²) in [5, 5.41) is 13.0. The quantitative estimate of drug-likeness (QED) is 0.832. The first kappa shape index (κ1) is 17.0. The lowest BCUT2D eigenvalue weighted by atomic mass is 9.67. The lowest BCUT2D eigenvalue weighted by Crippen LogP contribution is -2.34. The molecule has 0 aromatic carbocycles. The zero-order valence-electron chi connectivity index (χ0n) is 16.0. The number of rotatable bonds is 4. The van der Waals surface area contributed by atoms with Crippen LogP contribution in [0.3, 0.4) is 0 Å². The molecule has 0 N–H and O–H groups in total. The van der Waals surface area contributed by atoms with E-state index in [1.54, 1.807) is 10.9 Å². The van der Waals surface area contributed by atoms with Crippen molar-refractivity contribution < 1.29 is 4.79 Å². The highest BCUT2D eigenvalue weighted by molar-refractivity contribution is 5.94. The molecule has 3 heterocycles. The van der Waals surface area contributed by atoms with Crippen LogP contribution in [0.2, 0.25) is 0 Å². The smallest absolute Gasteiger partial charge is 0.257 e. The third-order valence-electron chi connectivity index (χ3n) is 6.85. The molecule has 1 amide bonds. The van der Waals surface area contributed by atoms with Crippen LogP contribution in [0.5, 0.6) is 0 Å². The van der Waals surface area contributed by atoms with Crippen molar-refractivity contribution in [1.82, 2.24) is 29.4 Å². The molecule has 1 aliphatic heterocycles. The van der Waals surface area contributed by atoms with E-state index in [0.717, 1.165) is 31.4 Å². The van der Waals surface area contributed by atoms with Crippen LogP contribution in [-0.2, 0) is 13.6 Å². The second kappa shape index (κ2) is 6.46. The lowest BCUT2D eigenvalue weighted by molar-refractivity contribution is 0.0758. The fourth-order valence-corrected chi connectivity index (χ4v) is 5.21. The number of hydrogen-bond acceptors (Lipinski definition) is 4. The predicted molar refractivity (Wildman–Crippen MR) is 100 cm³/mol. The third-order valence-corrected chi connectivity index (χ3v) is 6.85. The van der Waals surface area contributed by atoms with Crippen molar-refractivity contribution in [2.75, 3.05) is 13.1 Å². The van der Waals surface area contributed by atoms with Gasteiger partial charge in [-0.1, -0.05) is 19.3 Å². The van der Waals surface area contributed by atoms with Gasteiger partial charge in [-0.05, 0) is 37.0 Å². The number of hydrogen-bond donors (Lipinski definition) is 0. The Bertz CT molecular complexity index is 829. The fraction of sp³-hybridized carbons (Fsp3) is 0.700. The minimum absolute atomic E-state index is 0.101. The monoisotopic (exact) mass is 368 g/mol. The van der Waals surface area contributed by atoms with Crippen LogP contribution in [0, 0.1) is 11.3 Å². The predicted octanol–water partition coefficient (Wildman–Crippen LogP) is 2.61. The van der Waals surface area contributed by atoms with Crippen LogP contribution < -0.4 is 0 Å². The maximum atomic E-state index is 13.1. The van der Waals surface area contributed by atoms with E-state index in [0.29, 0.717) is 11.5 Å². The van der Waals surface area contributed by atoms with E-state index < -0.39 is 0 Å². The SMILES string of the molecule is Cn1cc(C(=O)N2CC(c3nncn3CC3CC3)C3(CCCCC3)C2)cn1. The average Bonchev–Trinajstić information content (AvgIpc) is 3.03. The van der Waals surface area contributed by atoms with Gasteiger partial charge in [0.25, 0.3) is 5.91 Å². The van der Waals surface area contributed by atoms with Crippen molar-refractivity contribution >= 4 is 5.91 Å². The van der Waals surface area contributed by atoms with Crippen LogP contribution in [-0.4, -0.2) is 48.4 Å². The van der Waals surface area contributed by atoms with E-state index in [4.69, 9.17) is 0 Å². The highest BCUT2D eigenvalue weighted by Crippen LogP contribution is 2.52. The van der Waals surface area contributed by atoms with Crippen LogP contribution in [0.1, 0.15) is 67.0 Å². The number of likely N-dealkylation sites (tertiary alicyclic amines) is 1. The minimum Gasteiger partial charge on any atom is -0.337 e. The van der Waals surface area contributed by atoms with Crippen molar-refractivity contribution in [2.45, 2.75) is 57.4 Å². The van der Waals surface area contributed by atoms with Crippen molar-refractivity contribution in [2.24, 2.45) is 18.4 Å². The van der Waals surface area contributed by atoms with E-state index in [2.05, 4.69) is 19.9 Å². The van der Waals surface area contributed by atoms with Gasteiger partial charge >= 0.3 is 0 Å². The Kier molecular flexibility index (Phi) is 4.06. The summed E-state index contributed by atoms with van der Waals surface area (Å²) in [6.07, 6.45) is 14.2. The van der Waals surface area contributed by atoms with E-state index in [9.17, 15) is 4.79 Å². The van der Waals surface area contributed by atoms with Crippen molar-refractivity contribution in [3.63, 3.8) is 0 Å². The number of aromatic nitrogens is 5. The Labute approximate surface area is 159 Å². The Balaban J connectivity index is 1.45. The standard InChI is InChI=1S/C20H28N6O/c1-24-11-16(9-22-24)19(27)25-12-17(20(13-25)7-3-2-4-8-20)18-23-21-14-26(18)10-15-5-6-15/h9,11,14-15,17H,2-8,10,12-13H2,1H3. The molecule has 1 atom stereocenters. The Morgan fingerprint density at radius 3 is 2.78 bits per heavy atom. The zero-order valence-corrected chi connectivity index (χ0v) is 16.0. The van der Waals surface area contributed by atoms with Gasteiger partial charge in [-0.3, -0.25) is 9.48 Å². The van der Waals surface area contributed by atoms with Gasteiger partial charge in [0, 0.05) is 38.8 Å². The highest BCUT2D eigenvalue weighted by atomic mass is 16.2. The molecule has 3 aliphatic rings. The number of carbonyl (C=O) groups is 1. The summed E-state index contributed by atoms with van der Waals surface area (Å²) in [7, 11) is 1.85. The normalized spacial score (nSPS) is 24.6. The van der Waals surface area contributed by atoms with Crippen molar-refractivity contribution in [3.8, 4) is 0 Å². The first-order valence-corrected chi connectivity index (χ1v) is 10.3. The molecule has 144 valence electrons. The van der Waals surface area contributed by atoms with Gasteiger partial charge in [0.2, 0.25) is 0 Å². The van der Waals surface area contributed by atoms with E-state index >= 15 is 0 Å². The first-order valence-electron chi connectivity index (χ1n) is 10.3. The largest absolute Gasteiger partial charge is 0.337 e. The summed E-state index contributed by atoms with van der Waals surface area (Å²) in [6.45, 7) is 2.62. The van der Waals surface area contributed by atoms with E-state index in [-0.39, 0.29) is 11.3 Å². The molecule has 5 rings (SSSR count). The highest BCUT2D eigenvalue weighted by Gasteiger charge is 2.50. The fourth-order valence-electron chi connectivity index (χ4n) is 5.21. The summed E-state index contributed by atoms with van der Waals surface area (Å²) in [5.41, 5.74) is 0.841. The molecular weight excluding hydrogens is 340 g/mol. The summed E-state index contributed by atoms with van der Waals surface area (Å²) >= 11 is 0.